The topological polar surface area (TPSA) is 31.4 Å². The van der Waals surface area contributed by atoms with E-state index in [1.165, 1.54) is 5.56 Å². The maximum Gasteiger partial charge on any atom is 0.213 e. The average Bonchev–Trinajstić information content (AvgIpc) is 2.47. The Morgan fingerprint density at radius 2 is 2.05 bits per heavy atom. The Hall–Kier alpha value is -1.58. The Balaban J connectivity index is 2.26. The normalized spacial score (nSPS) is 21.0. The molecule has 0 saturated heterocycles. The lowest BCUT2D eigenvalue weighted by molar-refractivity contribution is 0.00699. The highest BCUT2D eigenvalue weighted by Gasteiger charge is 2.23. The molecular weight excluding hydrogens is 286 g/mol. The van der Waals surface area contributed by atoms with Crippen molar-refractivity contribution in [2.45, 2.75) is 32.5 Å². The average molecular weight is 304 g/mol. The third-order valence-corrected chi connectivity index (χ3v) is 4.10. The largest absolute Gasteiger partial charge is 0.481 e. The monoisotopic (exact) mass is 303 g/mol. The van der Waals surface area contributed by atoms with Gasteiger partial charge in [-0.1, -0.05) is 17.7 Å². The fraction of sp³-hybridized carbons (Fsp3) is 0.353. The zero-order valence-corrected chi connectivity index (χ0v) is 13.1. The van der Waals surface area contributed by atoms with Crippen molar-refractivity contribution in [2.75, 3.05) is 7.11 Å². The summed E-state index contributed by atoms with van der Waals surface area (Å²) in [5, 5.41) is 0.734. The SMILES string of the molecule is COc1cc2c(cn1)C(C)OC(C)Cc1ccc(Cl)cc1-2. The van der Waals surface area contributed by atoms with Crippen molar-refractivity contribution >= 4 is 11.6 Å². The molecule has 2 atom stereocenters. The summed E-state index contributed by atoms with van der Waals surface area (Å²) >= 11 is 6.21. The molecule has 0 amide bonds. The van der Waals surface area contributed by atoms with Gasteiger partial charge in [-0.25, -0.2) is 4.98 Å². The van der Waals surface area contributed by atoms with Gasteiger partial charge in [0.1, 0.15) is 0 Å². The van der Waals surface area contributed by atoms with Crippen LogP contribution in [-0.2, 0) is 11.2 Å². The minimum absolute atomic E-state index is 0.0134. The lowest BCUT2D eigenvalue weighted by Gasteiger charge is -2.27. The number of benzene rings is 1. The van der Waals surface area contributed by atoms with E-state index < -0.39 is 0 Å². The molecule has 1 aliphatic rings. The van der Waals surface area contributed by atoms with E-state index in [1.54, 1.807) is 7.11 Å². The van der Waals surface area contributed by atoms with Crippen LogP contribution in [0.3, 0.4) is 0 Å². The first kappa shape index (κ1) is 14.4. The van der Waals surface area contributed by atoms with Crippen LogP contribution in [0.4, 0.5) is 0 Å². The highest BCUT2D eigenvalue weighted by Crippen LogP contribution is 2.38. The summed E-state index contributed by atoms with van der Waals surface area (Å²) < 4.78 is 11.3. The van der Waals surface area contributed by atoms with E-state index in [2.05, 4.69) is 24.9 Å². The van der Waals surface area contributed by atoms with Crippen LogP contribution in [0.15, 0.2) is 30.5 Å². The zero-order chi connectivity index (χ0) is 15.0. The molecule has 0 bridgehead atoms. The van der Waals surface area contributed by atoms with Gasteiger partial charge in [-0.05, 0) is 49.1 Å². The number of hydrogen-bond donors (Lipinski definition) is 0. The summed E-state index contributed by atoms with van der Waals surface area (Å²) in [4.78, 5) is 4.32. The maximum atomic E-state index is 6.21. The highest BCUT2D eigenvalue weighted by molar-refractivity contribution is 6.30. The van der Waals surface area contributed by atoms with Crippen LogP contribution in [0.5, 0.6) is 5.88 Å². The van der Waals surface area contributed by atoms with E-state index in [4.69, 9.17) is 21.1 Å². The van der Waals surface area contributed by atoms with Crippen LogP contribution < -0.4 is 4.74 Å². The number of fused-ring (bicyclic) bond motifs is 3. The molecule has 2 aromatic rings. The van der Waals surface area contributed by atoms with Crippen molar-refractivity contribution in [3.63, 3.8) is 0 Å². The third-order valence-electron chi connectivity index (χ3n) is 3.86. The minimum Gasteiger partial charge on any atom is -0.481 e. The molecule has 21 heavy (non-hydrogen) atoms. The van der Waals surface area contributed by atoms with E-state index in [0.29, 0.717) is 5.88 Å². The molecule has 1 aromatic heterocycles. The molecule has 110 valence electrons. The second-order valence-electron chi connectivity index (χ2n) is 5.41. The molecule has 4 heteroatoms. The van der Waals surface area contributed by atoms with Crippen molar-refractivity contribution < 1.29 is 9.47 Å². The quantitative estimate of drug-likeness (QED) is 0.781. The van der Waals surface area contributed by atoms with E-state index in [0.717, 1.165) is 28.1 Å². The molecule has 2 heterocycles. The smallest absolute Gasteiger partial charge is 0.213 e. The Morgan fingerprint density at radius 3 is 2.81 bits per heavy atom. The molecule has 2 unspecified atom stereocenters. The van der Waals surface area contributed by atoms with Crippen molar-refractivity contribution in [2.24, 2.45) is 0 Å². The number of aromatic nitrogens is 1. The van der Waals surface area contributed by atoms with Crippen LogP contribution in [-0.4, -0.2) is 18.2 Å². The number of nitrogens with zero attached hydrogens (tertiary/aromatic N) is 1. The molecule has 0 radical (unpaired) electrons. The second kappa shape index (κ2) is 5.66. The predicted octanol–water partition coefficient (Wildman–Crippen LogP) is 4.43. The van der Waals surface area contributed by atoms with Gasteiger partial charge in [-0.2, -0.15) is 0 Å². The number of rotatable bonds is 1. The fourth-order valence-corrected chi connectivity index (χ4v) is 3.04. The van der Waals surface area contributed by atoms with Crippen LogP contribution in [0.1, 0.15) is 31.1 Å². The maximum absolute atomic E-state index is 6.21. The number of hydrogen-bond acceptors (Lipinski definition) is 3. The molecule has 0 aliphatic carbocycles. The summed E-state index contributed by atoms with van der Waals surface area (Å²) in [6.45, 7) is 4.15. The first-order valence-corrected chi connectivity index (χ1v) is 7.44. The van der Waals surface area contributed by atoms with Gasteiger partial charge in [0.05, 0.1) is 19.3 Å². The Labute approximate surface area is 129 Å². The first-order chi connectivity index (χ1) is 10.1. The standard InChI is InChI=1S/C17H18ClNO2/c1-10-6-12-4-5-13(18)7-14(12)15-8-17(20-3)19-9-16(15)11(2)21-10/h4-5,7-11H,6H2,1-3H3. The molecule has 0 spiro atoms. The summed E-state index contributed by atoms with van der Waals surface area (Å²) in [6, 6.07) is 7.97. The Morgan fingerprint density at radius 1 is 1.24 bits per heavy atom. The van der Waals surface area contributed by atoms with Crippen LogP contribution in [0.2, 0.25) is 5.02 Å². The molecule has 1 aromatic carbocycles. The van der Waals surface area contributed by atoms with Gasteiger partial charge in [-0.15, -0.1) is 0 Å². The van der Waals surface area contributed by atoms with Crippen molar-refractivity contribution in [3.8, 4) is 17.0 Å². The van der Waals surface area contributed by atoms with Gasteiger partial charge < -0.3 is 9.47 Å². The molecule has 3 nitrogen and oxygen atoms in total. The first-order valence-electron chi connectivity index (χ1n) is 7.06. The van der Waals surface area contributed by atoms with Crippen LogP contribution >= 0.6 is 11.6 Å². The van der Waals surface area contributed by atoms with E-state index in [-0.39, 0.29) is 12.2 Å². The van der Waals surface area contributed by atoms with Crippen molar-refractivity contribution in [1.82, 2.24) is 4.98 Å². The molecule has 0 fully saturated rings. The van der Waals surface area contributed by atoms with E-state index in [1.807, 2.05) is 24.4 Å². The predicted molar refractivity (Wildman–Crippen MR) is 83.9 cm³/mol. The summed E-state index contributed by atoms with van der Waals surface area (Å²) in [5.74, 6) is 0.598. The lowest BCUT2D eigenvalue weighted by Crippen LogP contribution is -2.18. The number of methoxy groups -OCH3 is 1. The summed E-state index contributed by atoms with van der Waals surface area (Å²) in [6.07, 6.45) is 2.83. The van der Waals surface area contributed by atoms with Crippen molar-refractivity contribution in [3.05, 3.63) is 46.6 Å². The number of halogens is 1. The van der Waals surface area contributed by atoms with Crippen molar-refractivity contribution in [1.29, 1.82) is 0 Å². The molecule has 0 saturated carbocycles. The van der Waals surface area contributed by atoms with Gasteiger partial charge in [-0.3, -0.25) is 0 Å². The Kier molecular flexibility index (Phi) is 3.87. The lowest BCUT2D eigenvalue weighted by atomic mass is 9.91. The molecular formula is C17H18ClNO2. The molecule has 0 N–H and O–H groups in total. The fourth-order valence-electron chi connectivity index (χ4n) is 2.87. The minimum atomic E-state index is -0.0134. The van der Waals surface area contributed by atoms with Crippen LogP contribution in [0.25, 0.3) is 11.1 Å². The molecule has 3 rings (SSSR count). The van der Waals surface area contributed by atoms with Gasteiger partial charge in [0.2, 0.25) is 5.88 Å². The zero-order valence-electron chi connectivity index (χ0n) is 12.4. The summed E-state index contributed by atoms with van der Waals surface area (Å²) in [5.41, 5.74) is 4.51. The number of ether oxygens (including phenoxy) is 2. The van der Waals surface area contributed by atoms with E-state index >= 15 is 0 Å². The second-order valence-corrected chi connectivity index (χ2v) is 5.84. The number of pyridine rings is 1. The summed E-state index contributed by atoms with van der Waals surface area (Å²) in [7, 11) is 1.62. The van der Waals surface area contributed by atoms with Gasteiger partial charge in [0, 0.05) is 22.8 Å². The Bertz CT molecular complexity index is 672. The van der Waals surface area contributed by atoms with Gasteiger partial charge in [0.25, 0.3) is 0 Å². The highest BCUT2D eigenvalue weighted by atomic mass is 35.5. The van der Waals surface area contributed by atoms with Crippen LogP contribution in [0, 0.1) is 0 Å². The van der Waals surface area contributed by atoms with Gasteiger partial charge in [0.15, 0.2) is 0 Å². The third kappa shape index (κ3) is 2.76. The van der Waals surface area contributed by atoms with Gasteiger partial charge >= 0.3 is 0 Å². The molecule has 1 aliphatic heterocycles. The van der Waals surface area contributed by atoms with E-state index in [9.17, 15) is 0 Å².